The van der Waals surface area contributed by atoms with Crippen LogP contribution in [0.2, 0.25) is 10.0 Å². The van der Waals surface area contributed by atoms with Crippen molar-refractivity contribution in [2.24, 2.45) is 0 Å². The van der Waals surface area contributed by atoms with Gasteiger partial charge in [0.1, 0.15) is 0 Å². The summed E-state index contributed by atoms with van der Waals surface area (Å²) in [5.41, 5.74) is 1.61. The summed E-state index contributed by atoms with van der Waals surface area (Å²) in [6.07, 6.45) is 0. The van der Waals surface area contributed by atoms with Crippen molar-refractivity contribution >= 4 is 40.9 Å². The number of ether oxygens (including phenoxy) is 2. The first-order valence-electron chi connectivity index (χ1n) is 7.77. The van der Waals surface area contributed by atoms with E-state index in [1.54, 1.807) is 20.8 Å². The number of aromatic amines is 1. The second-order valence-electron chi connectivity index (χ2n) is 5.50. The van der Waals surface area contributed by atoms with E-state index >= 15 is 0 Å². The number of H-pyrrole nitrogens is 1. The quantitative estimate of drug-likeness (QED) is 0.584. The van der Waals surface area contributed by atoms with Crippen LogP contribution in [-0.4, -0.2) is 35.9 Å². The van der Waals surface area contributed by atoms with Crippen molar-refractivity contribution in [3.05, 3.63) is 56.3 Å². The van der Waals surface area contributed by atoms with Gasteiger partial charge in [0, 0.05) is 15.7 Å². The summed E-state index contributed by atoms with van der Waals surface area (Å²) in [7, 11) is 0. The van der Waals surface area contributed by atoms with Gasteiger partial charge in [-0.05, 0) is 44.5 Å². The Morgan fingerprint density at radius 3 is 2.19 bits per heavy atom. The maximum Gasteiger partial charge on any atom is 0.340 e. The van der Waals surface area contributed by atoms with Crippen molar-refractivity contribution in [3.63, 3.8) is 0 Å². The van der Waals surface area contributed by atoms with Crippen LogP contribution in [0.15, 0.2) is 18.2 Å². The molecule has 1 heterocycles. The van der Waals surface area contributed by atoms with E-state index in [2.05, 4.69) is 4.98 Å². The van der Waals surface area contributed by atoms with Crippen LogP contribution in [-0.2, 0) is 9.47 Å². The number of carbonyl (C=O) groups excluding carboxylic acids is 3. The van der Waals surface area contributed by atoms with Crippen molar-refractivity contribution in [2.75, 3.05) is 13.2 Å². The number of aromatic nitrogens is 1. The van der Waals surface area contributed by atoms with Crippen molar-refractivity contribution < 1.29 is 23.9 Å². The number of rotatable bonds is 6. The Hall–Kier alpha value is -2.31. The number of aryl methyl sites for hydroxylation is 1. The third kappa shape index (κ3) is 4.45. The lowest BCUT2D eigenvalue weighted by Crippen LogP contribution is -2.15. The van der Waals surface area contributed by atoms with Crippen LogP contribution in [0.5, 0.6) is 0 Å². The monoisotopic (exact) mass is 397 g/mol. The molecule has 1 N–H and O–H groups in total. The van der Waals surface area contributed by atoms with E-state index in [-0.39, 0.29) is 27.9 Å². The predicted octanol–water partition coefficient (Wildman–Crippen LogP) is 4.15. The van der Waals surface area contributed by atoms with Crippen LogP contribution in [0.3, 0.4) is 0 Å². The molecule has 0 bridgehead atoms. The Balaban J connectivity index is 2.12. The molecule has 0 radical (unpaired) electrons. The van der Waals surface area contributed by atoms with Gasteiger partial charge in [-0.3, -0.25) is 4.79 Å². The van der Waals surface area contributed by atoms with Crippen molar-refractivity contribution in [1.29, 1.82) is 0 Å². The Labute approximate surface area is 160 Å². The van der Waals surface area contributed by atoms with E-state index < -0.39 is 24.3 Å². The second kappa shape index (κ2) is 8.38. The Morgan fingerprint density at radius 1 is 1.00 bits per heavy atom. The highest BCUT2D eigenvalue weighted by molar-refractivity contribution is 6.35. The highest BCUT2D eigenvalue weighted by Gasteiger charge is 2.23. The van der Waals surface area contributed by atoms with Gasteiger partial charge in [-0.25, -0.2) is 9.59 Å². The maximum absolute atomic E-state index is 12.4. The minimum absolute atomic E-state index is 0.141. The van der Waals surface area contributed by atoms with Crippen LogP contribution in [0.25, 0.3) is 0 Å². The summed E-state index contributed by atoms with van der Waals surface area (Å²) in [4.78, 5) is 39.3. The van der Waals surface area contributed by atoms with E-state index in [1.165, 1.54) is 18.2 Å². The van der Waals surface area contributed by atoms with Crippen LogP contribution < -0.4 is 0 Å². The van der Waals surface area contributed by atoms with Crippen LogP contribution in [0, 0.1) is 13.8 Å². The number of hydrogen-bond acceptors (Lipinski definition) is 5. The maximum atomic E-state index is 12.4. The first-order valence-corrected chi connectivity index (χ1v) is 8.52. The first kappa shape index (κ1) is 20.0. The zero-order valence-electron chi connectivity index (χ0n) is 14.4. The smallest absolute Gasteiger partial charge is 0.340 e. The summed E-state index contributed by atoms with van der Waals surface area (Å²) in [6.45, 7) is 4.72. The van der Waals surface area contributed by atoms with E-state index in [0.29, 0.717) is 16.8 Å². The van der Waals surface area contributed by atoms with E-state index in [0.717, 1.165) is 0 Å². The molecule has 138 valence electrons. The van der Waals surface area contributed by atoms with Gasteiger partial charge in [0.2, 0.25) is 5.78 Å². The zero-order valence-corrected chi connectivity index (χ0v) is 16.0. The molecule has 2 aromatic rings. The van der Waals surface area contributed by atoms with Crippen LogP contribution in [0.4, 0.5) is 0 Å². The van der Waals surface area contributed by atoms with Gasteiger partial charge >= 0.3 is 11.9 Å². The Bertz CT molecular complexity index is 852. The van der Waals surface area contributed by atoms with Gasteiger partial charge in [-0.2, -0.15) is 0 Å². The Kier molecular flexibility index (Phi) is 6.45. The lowest BCUT2D eigenvalue weighted by Gasteiger charge is -2.06. The largest absolute Gasteiger partial charge is 0.462 e. The lowest BCUT2D eigenvalue weighted by atomic mass is 10.1. The molecule has 0 fully saturated rings. The van der Waals surface area contributed by atoms with Gasteiger partial charge in [-0.1, -0.05) is 23.2 Å². The van der Waals surface area contributed by atoms with Gasteiger partial charge in [-0.15, -0.1) is 0 Å². The molecule has 8 heteroatoms. The van der Waals surface area contributed by atoms with Crippen molar-refractivity contribution in [2.45, 2.75) is 20.8 Å². The second-order valence-corrected chi connectivity index (χ2v) is 6.38. The molecule has 2 rings (SSSR count). The molecule has 1 aromatic carbocycles. The van der Waals surface area contributed by atoms with E-state index in [1.807, 2.05) is 0 Å². The van der Waals surface area contributed by atoms with Gasteiger partial charge in [0.15, 0.2) is 6.61 Å². The van der Waals surface area contributed by atoms with Crippen molar-refractivity contribution in [3.8, 4) is 0 Å². The first-order chi connectivity index (χ1) is 12.2. The van der Waals surface area contributed by atoms with Crippen LogP contribution >= 0.6 is 23.2 Å². The fraction of sp³-hybridized carbons (Fsp3) is 0.278. The molecular formula is C18H17Cl2NO5. The molecule has 0 aliphatic heterocycles. The Morgan fingerprint density at radius 2 is 1.62 bits per heavy atom. The average molecular weight is 398 g/mol. The molecule has 0 unspecified atom stereocenters. The number of esters is 2. The van der Waals surface area contributed by atoms with Gasteiger partial charge in [0.05, 0.1) is 23.4 Å². The number of ketones is 1. The third-order valence-corrected chi connectivity index (χ3v) is 4.06. The van der Waals surface area contributed by atoms with Gasteiger partial charge < -0.3 is 14.5 Å². The number of halogens is 2. The molecule has 0 spiro atoms. The summed E-state index contributed by atoms with van der Waals surface area (Å²) >= 11 is 11.7. The van der Waals surface area contributed by atoms with Gasteiger partial charge in [0.25, 0.3) is 0 Å². The SMILES string of the molecule is CCOC(=O)c1c(C)[nH]c(C(=O)COC(=O)c2cc(Cl)cc(Cl)c2)c1C. The predicted molar refractivity (Wildman–Crippen MR) is 97.3 cm³/mol. The molecule has 0 aliphatic carbocycles. The minimum Gasteiger partial charge on any atom is -0.462 e. The average Bonchev–Trinajstić information content (AvgIpc) is 2.86. The summed E-state index contributed by atoms with van der Waals surface area (Å²) < 4.78 is 10.0. The molecule has 0 amide bonds. The van der Waals surface area contributed by atoms with E-state index in [9.17, 15) is 14.4 Å². The zero-order chi connectivity index (χ0) is 19.4. The molecule has 0 saturated heterocycles. The number of benzene rings is 1. The summed E-state index contributed by atoms with van der Waals surface area (Å²) in [5, 5.41) is 0.566. The molecule has 0 atom stereocenters. The topological polar surface area (TPSA) is 85.5 Å². The highest BCUT2D eigenvalue weighted by atomic mass is 35.5. The normalized spacial score (nSPS) is 10.5. The third-order valence-electron chi connectivity index (χ3n) is 3.63. The number of Topliss-reactive ketones (excluding diaryl/α,β-unsaturated/α-hetero) is 1. The molecule has 1 aromatic heterocycles. The summed E-state index contributed by atoms with van der Waals surface area (Å²) in [6, 6.07) is 4.26. The number of carbonyl (C=O) groups is 3. The molecule has 26 heavy (non-hydrogen) atoms. The fourth-order valence-electron chi connectivity index (χ4n) is 2.50. The molecule has 0 aliphatic rings. The number of nitrogens with one attached hydrogen (secondary N) is 1. The number of hydrogen-bond donors (Lipinski definition) is 1. The minimum atomic E-state index is -0.728. The van der Waals surface area contributed by atoms with Crippen LogP contribution in [0.1, 0.15) is 49.4 Å². The van der Waals surface area contributed by atoms with Crippen molar-refractivity contribution in [1.82, 2.24) is 4.98 Å². The fourth-order valence-corrected chi connectivity index (χ4v) is 3.02. The highest BCUT2D eigenvalue weighted by Crippen LogP contribution is 2.21. The molecule has 0 saturated carbocycles. The van der Waals surface area contributed by atoms with E-state index in [4.69, 9.17) is 32.7 Å². The lowest BCUT2D eigenvalue weighted by molar-refractivity contribution is 0.0472. The standard InChI is InChI=1S/C18H17Cl2NO5/c1-4-25-18(24)15-9(2)16(21-10(15)3)14(22)8-26-17(23)11-5-12(19)7-13(20)6-11/h5-7,21H,4,8H2,1-3H3. The summed E-state index contributed by atoms with van der Waals surface area (Å²) in [5.74, 6) is -1.71. The molecule has 6 nitrogen and oxygen atoms in total. The molecular weight excluding hydrogens is 381 g/mol.